The minimum atomic E-state index is -0.489. The molecule has 2 amide bonds. The molecule has 1 heterocycles. The molecule has 2 aromatic rings. The average Bonchev–Trinajstić information content (AvgIpc) is 3.64. The van der Waals surface area contributed by atoms with Gasteiger partial charge in [-0.1, -0.05) is 24.3 Å². The summed E-state index contributed by atoms with van der Waals surface area (Å²) in [6.45, 7) is 0.515. The summed E-state index contributed by atoms with van der Waals surface area (Å²) in [6, 6.07) is 11.3. The van der Waals surface area contributed by atoms with Crippen LogP contribution in [-0.4, -0.2) is 68.5 Å². The van der Waals surface area contributed by atoms with E-state index in [4.69, 9.17) is 14.2 Å². The minimum absolute atomic E-state index is 0.0302. The van der Waals surface area contributed by atoms with Crippen LogP contribution in [0.1, 0.15) is 36.4 Å². The van der Waals surface area contributed by atoms with Crippen molar-refractivity contribution in [2.24, 2.45) is 11.0 Å². The Balaban J connectivity index is 1.65. The summed E-state index contributed by atoms with van der Waals surface area (Å²) in [5.41, 5.74) is 1.58. The molecule has 1 unspecified atom stereocenters. The zero-order valence-corrected chi connectivity index (χ0v) is 20.2. The molecule has 2 aliphatic rings. The van der Waals surface area contributed by atoms with Crippen molar-refractivity contribution in [1.29, 1.82) is 0 Å². The summed E-state index contributed by atoms with van der Waals surface area (Å²) >= 11 is 0. The van der Waals surface area contributed by atoms with Gasteiger partial charge in [-0.3, -0.25) is 9.59 Å². The fourth-order valence-corrected chi connectivity index (χ4v) is 4.21. The second-order valence-corrected chi connectivity index (χ2v) is 8.63. The number of hydrogen-bond acceptors (Lipinski definition) is 6. The summed E-state index contributed by atoms with van der Waals surface area (Å²) < 4.78 is 30.5. The first-order valence-electron chi connectivity index (χ1n) is 11.6. The van der Waals surface area contributed by atoms with Crippen LogP contribution in [0.25, 0.3) is 0 Å². The number of carbonyl (C=O) groups excluding carboxylic acids is 2. The Morgan fingerprint density at radius 2 is 1.83 bits per heavy atom. The second kappa shape index (κ2) is 10.9. The van der Waals surface area contributed by atoms with Crippen LogP contribution in [-0.2, 0) is 14.3 Å². The first-order valence-corrected chi connectivity index (χ1v) is 11.6. The Hall–Kier alpha value is -3.46. The maximum atomic E-state index is 14.6. The molecule has 2 aromatic carbocycles. The third-order valence-electron chi connectivity index (χ3n) is 6.27. The lowest BCUT2D eigenvalue weighted by Gasteiger charge is -2.27. The molecule has 1 aliphatic heterocycles. The van der Waals surface area contributed by atoms with Crippen molar-refractivity contribution in [3.05, 3.63) is 59.4 Å². The SMILES string of the molecule is COCCN(CC(=O)N1N=C(c2ccccc2F)CC1c1ccc(OC)c(OC)c1)C(=O)C1CC1. The molecule has 1 saturated carbocycles. The smallest absolute Gasteiger partial charge is 0.262 e. The number of amides is 2. The molecule has 1 aliphatic carbocycles. The van der Waals surface area contributed by atoms with Crippen molar-refractivity contribution in [2.45, 2.75) is 25.3 Å². The number of methoxy groups -OCH3 is 3. The number of hydrazone groups is 1. The molecule has 1 fully saturated rings. The van der Waals surface area contributed by atoms with Gasteiger partial charge in [-0.2, -0.15) is 5.10 Å². The van der Waals surface area contributed by atoms with Crippen molar-refractivity contribution in [3.63, 3.8) is 0 Å². The van der Waals surface area contributed by atoms with Crippen molar-refractivity contribution < 1.29 is 28.2 Å². The van der Waals surface area contributed by atoms with Crippen molar-refractivity contribution in [3.8, 4) is 11.5 Å². The fraction of sp³-hybridized carbons (Fsp3) is 0.423. The maximum absolute atomic E-state index is 14.6. The lowest BCUT2D eigenvalue weighted by atomic mass is 9.97. The molecule has 0 N–H and O–H groups in total. The molecular weight excluding hydrogens is 453 g/mol. The molecule has 35 heavy (non-hydrogen) atoms. The van der Waals surface area contributed by atoms with Gasteiger partial charge in [-0.15, -0.1) is 0 Å². The molecule has 0 saturated heterocycles. The molecule has 4 rings (SSSR count). The Bertz CT molecular complexity index is 1120. The van der Waals surface area contributed by atoms with Gasteiger partial charge in [-0.05, 0) is 36.6 Å². The molecule has 0 bridgehead atoms. The molecule has 0 aromatic heterocycles. The van der Waals surface area contributed by atoms with Gasteiger partial charge in [-0.25, -0.2) is 9.40 Å². The van der Waals surface area contributed by atoms with Crippen molar-refractivity contribution in [2.75, 3.05) is 41.0 Å². The van der Waals surface area contributed by atoms with Crippen LogP contribution in [0.5, 0.6) is 11.5 Å². The normalized spacial score (nSPS) is 17.2. The van der Waals surface area contributed by atoms with Crippen LogP contribution in [0.2, 0.25) is 0 Å². The van der Waals surface area contributed by atoms with E-state index in [0.717, 1.165) is 18.4 Å². The Morgan fingerprint density at radius 1 is 1.09 bits per heavy atom. The number of rotatable bonds is 10. The van der Waals surface area contributed by atoms with Crippen LogP contribution in [0.3, 0.4) is 0 Å². The van der Waals surface area contributed by atoms with Gasteiger partial charge in [0.25, 0.3) is 5.91 Å². The zero-order valence-electron chi connectivity index (χ0n) is 20.2. The van der Waals surface area contributed by atoms with E-state index < -0.39 is 11.9 Å². The minimum Gasteiger partial charge on any atom is -0.493 e. The van der Waals surface area contributed by atoms with Crippen molar-refractivity contribution >= 4 is 17.5 Å². The number of ether oxygens (including phenoxy) is 3. The summed E-state index contributed by atoms with van der Waals surface area (Å²) in [6.07, 6.45) is 1.99. The van der Waals surface area contributed by atoms with Gasteiger partial charge < -0.3 is 19.1 Å². The lowest BCUT2D eigenvalue weighted by Crippen LogP contribution is -2.43. The highest BCUT2D eigenvalue weighted by Crippen LogP contribution is 2.38. The quantitative estimate of drug-likeness (QED) is 0.518. The highest BCUT2D eigenvalue weighted by molar-refractivity contribution is 6.03. The van der Waals surface area contributed by atoms with Crippen LogP contribution in [0.15, 0.2) is 47.6 Å². The van der Waals surface area contributed by atoms with Gasteiger partial charge in [0.05, 0.1) is 32.6 Å². The molecule has 0 spiro atoms. The Labute approximate surface area is 204 Å². The topological polar surface area (TPSA) is 80.7 Å². The average molecular weight is 484 g/mol. The van der Waals surface area contributed by atoms with Crippen LogP contribution in [0, 0.1) is 11.7 Å². The van der Waals surface area contributed by atoms with E-state index in [1.54, 1.807) is 44.6 Å². The number of benzene rings is 2. The summed E-state index contributed by atoms with van der Waals surface area (Å²) in [7, 11) is 4.64. The predicted molar refractivity (Wildman–Crippen MR) is 128 cm³/mol. The van der Waals surface area contributed by atoms with Gasteiger partial charge in [0.15, 0.2) is 11.5 Å². The monoisotopic (exact) mass is 483 g/mol. The van der Waals surface area contributed by atoms with E-state index >= 15 is 0 Å². The van der Waals surface area contributed by atoms with Gasteiger partial charge in [0.1, 0.15) is 12.4 Å². The van der Waals surface area contributed by atoms with Gasteiger partial charge in [0.2, 0.25) is 5.91 Å². The van der Waals surface area contributed by atoms with Crippen LogP contribution in [0.4, 0.5) is 4.39 Å². The highest BCUT2D eigenvalue weighted by atomic mass is 19.1. The van der Waals surface area contributed by atoms with E-state index in [9.17, 15) is 14.0 Å². The molecule has 186 valence electrons. The standard InChI is InChI=1S/C26H30FN3O5/c1-33-13-12-29(26(32)17-8-9-17)16-25(31)30-22(18-10-11-23(34-2)24(14-18)35-3)15-21(28-30)19-6-4-5-7-20(19)27/h4-7,10-11,14,17,22H,8-9,12-13,15-16H2,1-3H3. The number of carbonyl (C=O) groups is 2. The second-order valence-electron chi connectivity index (χ2n) is 8.63. The highest BCUT2D eigenvalue weighted by Gasteiger charge is 2.38. The van der Waals surface area contributed by atoms with Crippen LogP contribution >= 0.6 is 0 Å². The number of nitrogens with zero attached hydrogens (tertiary/aromatic N) is 3. The van der Waals surface area contributed by atoms with E-state index in [-0.39, 0.29) is 24.3 Å². The van der Waals surface area contributed by atoms with E-state index in [2.05, 4.69) is 5.10 Å². The largest absolute Gasteiger partial charge is 0.493 e. The molecule has 0 radical (unpaired) electrons. The van der Waals surface area contributed by atoms with E-state index in [0.29, 0.717) is 42.3 Å². The molecule has 8 nitrogen and oxygen atoms in total. The number of hydrogen-bond donors (Lipinski definition) is 0. The van der Waals surface area contributed by atoms with E-state index in [1.807, 2.05) is 6.07 Å². The van der Waals surface area contributed by atoms with E-state index in [1.165, 1.54) is 23.1 Å². The molecule has 9 heteroatoms. The third-order valence-corrected chi connectivity index (χ3v) is 6.27. The Morgan fingerprint density at radius 3 is 2.49 bits per heavy atom. The van der Waals surface area contributed by atoms with Gasteiger partial charge >= 0.3 is 0 Å². The summed E-state index contributed by atoms with van der Waals surface area (Å²) in [4.78, 5) is 27.8. The maximum Gasteiger partial charge on any atom is 0.262 e. The summed E-state index contributed by atoms with van der Waals surface area (Å²) in [5, 5.41) is 5.91. The first-order chi connectivity index (χ1) is 17.0. The Kier molecular flexibility index (Phi) is 7.65. The predicted octanol–water partition coefficient (Wildman–Crippen LogP) is 3.41. The fourth-order valence-electron chi connectivity index (χ4n) is 4.21. The molecular formula is C26H30FN3O5. The third kappa shape index (κ3) is 5.45. The van der Waals surface area contributed by atoms with Crippen molar-refractivity contribution in [1.82, 2.24) is 9.91 Å². The first kappa shape index (κ1) is 24.7. The zero-order chi connectivity index (χ0) is 24.9. The van der Waals surface area contributed by atoms with Crippen LogP contribution < -0.4 is 9.47 Å². The molecule has 1 atom stereocenters. The van der Waals surface area contributed by atoms with Gasteiger partial charge in [0, 0.05) is 31.6 Å². The summed E-state index contributed by atoms with van der Waals surface area (Å²) in [5.74, 6) is 0.247. The lowest BCUT2D eigenvalue weighted by molar-refractivity contribution is -0.142. The number of halogens is 1.